The van der Waals surface area contributed by atoms with Gasteiger partial charge in [0.25, 0.3) is 0 Å². The second kappa shape index (κ2) is 7.36. The minimum Gasteiger partial charge on any atom is -0.481 e. The molecule has 0 radical (unpaired) electrons. The predicted octanol–water partition coefficient (Wildman–Crippen LogP) is 2.22. The van der Waals surface area contributed by atoms with E-state index < -0.39 is 11.9 Å². The van der Waals surface area contributed by atoms with Crippen molar-refractivity contribution in [3.8, 4) is 0 Å². The number of aliphatic carboxylic acids is 1. The standard InChI is InChI=1S/C14H26N2O3/c1-9-4-5-12(11(3)8-9)16-14(19)15-7-6-10(2)13(17)18/h9-12H,4-8H2,1-3H3,(H,17,18)(H2,15,16,19). The van der Waals surface area contributed by atoms with Gasteiger partial charge in [-0.15, -0.1) is 0 Å². The number of hydrogen-bond acceptors (Lipinski definition) is 2. The molecule has 3 N–H and O–H groups in total. The van der Waals surface area contributed by atoms with Crippen LogP contribution >= 0.6 is 0 Å². The van der Waals surface area contributed by atoms with Gasteiger partial charge in [0.05, 0.1) is 5.92 Å². The minimum atomic E-state index is -0.822. The lowest BCUT2D eigenvalue weighted by Gasteiger charge is -2.33. The van der Waals surface area contributed by atoms with Gasteiger partial charge in [-0.25, -0.2) is 4.79 Å². The maximum absolute atomic E-state index is 11.7. The maximum atomic E-state index is 11.7. The first-order valence-corrected chi connectivity index (χ1v) is 7.17. The van der Waals surface area contributed by atoms with Crippen LogP contribution in [0.5, 0.6) is 0 Å². The first-order valence-electron chi connectivity index (χ1n) is 7.17. The van der Waals surface area contributed by atoms with E-state index in [0.717, 1.165) is 25.2 Å². The smallest absolute Gasteiger partial charge is 0.315 e. The lowest BCUT2D eigenvalue weighted by molar-refractivity contribution is -0.141. The molecule has 0 aromatic heterocycles. The molecule has 1 rings (SSSR count). The quantitative estimate of drug-likeness (QED) is 0.716. The molecule has 110 valence electrons. The van der Waals surface area contributed by atoms with Crippen LogP contribution in [-0.4, -0.2) is 29.7 Å². The van der Waals surface area contributed by atoms with Gasteiger partial charge >= 0.3 is 12.0 Å². The van der Waals surface area contributed by atoms with Crippen LogP contribution in [0, 0.1) is 17.8 Å². The zero-order valence-corrected chi connectivity index (χ0v) is 12.1. The van der Waals surface area contributed by atoms with Gasteiger partial charge in [-0.05, 0) is 37.5 Å². The zero-order chi connectivity index (χ0) is 14.4. The Labute approximate surface area is 115 Å². The summed E-state index contributed by atoms with van der Waals surface area (Å²) in [4.78, 5) is 22.4. The summed E-state index contributed by atoms with van der Waals surface area (Å²) in [6, 6.07) is 0.0667. The molecule has 0 aromatic carbocycles. The van der Waals surface area contributed by atoms with Crippen molar-refractivity contribution in [1.82, 2.24) is 10.6 Å². The number of carboxylic acid groups (broad SMARTS) is 1. The third-order valence-electron chi connectivity index (χ3n) is 4.03. The van der Waals surface area contributed by atoms with Crippen molar-refractivity contribution in [3.05, 3.63) is 0 Å². The molecule has 0 aromatic rings. The Bertz CT molecular complexity index is 320. The average molecular weight is 270 g/mol. The number of nitrogens with one attached hydrogen (secondary N) is 2. The molecular formula is C14H26N2O3. The first kappa shape index (κ1) is 15.8. The Morgan fingerprint density at radius 3 is 2.58 bits per heavy atom. The van der Waals surface area contributed by atoms with Gasteiger partial charge in [-0.1, -0.05) is 20.8 Å². The summed E-state index contributed by atoms with van der Waals surface area (Å²) in [5.74, 6) is 0.00632. The van der Waals surface area contributed by atoms with Crippen LogP contribution in [0.3, 0.4) is 0 Å². The molecule has 2 amide bonds. The summed E-state index contributed by atoms with van der Waals surface area (Å²) in [5.41, 5.74) is 0. The number of carbonyl (C=O) groups is 2. The third kappa shape index (κ3) is 5.49. The topological polar surface area (TPSA) is 78.4 Å². The molecule has 5 nitrogen and oxygen atoms in total. The number of carboxylic acids is 1. The molecular weight excluding hydrogens is 244 g/mol. The molecule has 1 aliphatic carbocycles. The number of hydrogen-bond donors (Lipinski definition) is 3. The molecule has 1 saturated carbocycles. The van der Waals surface area contributed by atoms with Crippen LogP contribution in [0.2, 0.25) is 0 Å². The van der Waals surface area contributed by atoms with Gasteiger partial charge < -0.3 is 15.7 Å². The number of carbonyl (C=O) groups excluding carboxylic acids is 1. The van der Waals surface area contributed by atoms with Gasteiger partial charge in [0.2, 0.25) is 0 Å². The lowest BCUT2D eigenvalue weighted by Crippen LogP contribution is -2.47. The predicted molar refractivity (Wildman–Crippen MR) is 73.9 cm³/mol. The molecule has 0 spiro atoms. The molecule has 5 heteroatoms. The molecule has 0 bridgehead atoms. The van der Waals surface area contributed by atoms with E-state index in [0.29, 0.717) is 18.9 Å². The SMILES string of the molecule is CC1CCC(NC(=O)NCCC(C)C(=O)O)C(C)C1. The van der Waals surface area contributed by atoms with Crippen molar-refractivity contribution in [2.24, 2.45) is 17.8 Å². The van der Waals surface area contributed by atoms with Crippen molar-refractivity contribution < 1.29 is 14.7 Å². The van der Waals surface area contributed by atoms with Gasteiger partial charge in [0.1, 0.15) is 0 Å². The van der Waals surface area contributed by atoms with E-state index in [1.807, 2.05) is 0 Å². The molecule has 0 aliphatic heterocycles. The van der Waals surface area contributed by atoms with Crippen molar-refractivity contribution in [3.63, 3.8) is 0 Å². The summed E-state index contributed by atoms with van der Waals surface area (Å²) < 4.78 is 0. The van der Waals surface area contributed by atoms with Crippen LogP contribution in [0.4, 0.5) is 4.79 Å². The van der Waals surface area contributed by atoms with Crippen LogP contribution < -0.4 is 10.6 Å². The van der Waals surface area contributed by atoms with Crippen molar-refractivity contribution in [1.29, 1.82) is 0 Å². The molecule has 4 unspecified atom stereocenters. The van der Waals surface area contributed by atoms with E-state index in [1.165, 1.54) is 0 Å². The highest BCUT2D eigenvalue weighted by molar-refractivity contribution is 5.74. The molecule has 19 heavy (non-hydrogen) atoms. The highest BCUT2D eigenvalue weighted by Crippen LogP contribution is 2.28. The summed E-state index contributed by atoms with van der Waals surface area (Å²) >= 11 is 0. The van der Waals surface area contributed by atoms with E-state index in [4.69, 9.17) is 5.11 Å². The van der Waals surface area contributed by atoms with Gasteiger partial charge in [0, 0.05) is 12.6 Å². The maximum Gasteiger partial charge on any atom is 0.315 e. The summed E-state index contributed by atoms with van der Waals surface area (Å²) in [5, 5.41) is 14.5. The van der Waals surface area contributed by atoms with Crippen molar-refractivity contribution in [2.45, 2.75) is 52.5 Å². The van der Waals surface area contributed by atoms with Crippen LogP contribution in [-0.2, 0) is 4.79 Å². The zero-order valence-electron chi connectivity index (χ0n) is 12.1. The number of urea groups is 1. The summed E-state index contributed by atoms with van der Waals surface area (Å²) in [6.07, 6.45) is 3.80. The fraction of sp³-hybridized carbons (Fsp3) is 0.857. The van der Waals surface area contributed by atoms with Crippen molar-refractivity contribution >= 4 is 12.0 Å². The fourth-order valence-corrected chi connectivity index (χ4v) is 2.62. The van der Waals surface area contributed by atoms with E-state index in [9.17, 15) is 9.59 Å². The van der Waals surface area contributed by atoms with Gasteiger partial charge in [-0.2, -0.15) is 0 Å². The van der Waals surface area contributed by atoms with Gasteiger partial charge in [0.15, 0.2) is 0 Å². The Morgan fingerprint density at radius 1 is 1.32 bits per heavy atom. The Morgan fingerprint density at radius 2 is 2.00 bits per heavy atom. The molecule has 0 saturated heterocycles. The normalized spacial score (nSPS) is 28.5. The average Bonchev–Trinajstić information content (AvgIpc) is 2.32. The Balaban J connectivity index is 2.22. The molecule has 1 aliphatic rings. The van der Waals surface area contributed by atoms with Crippen molar-refractivity contribution in [2.75, 3.05) is 6.54 Å². The first-order chi connectivity index (χ1) is 8.90. The highest BCUT2D eigenvalue weighted by atomic mass is 16.4. The highest BCUT2D eigenvalue weighted by Gasteiger charge is 2.26. The second-order valence-corrected chi connectivity index (χ2v) is 5.93. The van der Waals surface area contributed by atoms with E-state index in [1.54, 1.807) is 6.92 Å². The molecule has 1 fully saturated rings. The second-order valence-electron chi connectivity index (χ2n) is 5.93. The van der Waals surface area contributed by atoms with E-state index in [2.05, 4.69) is 24.5 Å². The summed E-state index contributed by atoms with van der Waals surface area (Å²) in [6.45, 7) is 6.47. The molecule has 0 heterocycles. The Hall–Kier alpha value is -1.26. The van der Waals surface area contributed by atoms with E-state index in [-0.39, 0.29) is 12.1 Å². The largest absolute Gasteiger partial charge is 0.481 e. The van der Waals surface area contributed by atoms with Crippen LogP contribution in [0.1, 0.15) is 46.5 Å². The third-order valence-corrected chi connectivity index (χ3v) is 4.03. The summed E-state index contributed by atoms with van der Waals surface area (Å²) in [7, 11) is 0. The number of rotatable bonds is 5. The fourth-order valence-electron chi connectivity index (χ4n) is 2.62. The van der Waals surface area contributed by atoms with Gasteiger partial charge in [-0.3, -0.25) is 4.79 Å². The van der Waals surface area contributed by atoms with Crippen LogP contribution in [0.15, 0.2) is 0 Å². The number of amides is 2. The van der Waals surface area contributed by atoms with Crippen LogP contribution in [0.25, 0.3) is 0 Å². The molecule has 4 atom stereocenters. The van der Waals surface area contributed by atoms with E-state index >= 15 is 0 Å². The minimum absolute atomic E-state index is 0.177. The lowest BCUT2D eigenvalue weighted by atomic mass is 9.80. The Kier molecular flexibility index (Phi) is 6.12. The monoisotopic (exact) mass is 270 g/mol.